The van der Waals surface area contributed by atoms with Crippen LogP contribution in [0.1, 0.15) is 0 Å². The molecule has 0 saturated heterocycles. The lowest BCUT2D eigenvalue weighted by Gasteiger charge is -2.23. The summed E-state index contributed by atoms with van der Waals surface area (Å²) >= 11 is 0. The van der Waals surface area contributed by atoms with Crippen molar-refractivity contribution in [2.45, 2.75) is 0 Å². The van der Waals surface area contributed by atoms with E-state index in [4.69, 9.17) is 18.9 Å². The molecule has 0 radical (unpaired) electrons. The van der Waals surface area contributed by atoms with E-state index < -0.39 is 17.8 Å². The van der Waals surface area contributed by atoms with Crippen molar-refractivity contribution in [1.29, 1.82) is 0 Å². The van der Waals surface area contributed by atoms with Crippen molar-refractivity contribution in [3.8, 4) is 17.2 Å². The molecular formula is C23H20FNO6. The van der Waals surface area contributed by atoms with E-state index in [0.29, 0.717) is 11.5 Å². The number of hydrogen-bond donors (Lipinski definition) is 0. The molecule has 0 atom stereocenters. The third-order valence-corrected chi connectivity index (χ3v) is 4.35. The second-order valence-electron chi connectivity index (χ2n) is 6.21. The van der Waals surface area contributed by atoms with Crippen molar-refractivity contribution in [2.24, 2.45) is 0 Å². The Morgan fingerprint density at radius 3 is 2.32 bits per heavy atom. The Bertz CT molecular complexity index is 1090. The van der Waals surface area contributed by atoms with E-state index in [-0.39, 0.29) is 22.7 Å². The predicted octanol–water partition coefficient (Wildman–Crippen LogP) is 4.12. The Morgan fingerprint density at radius 1 is 0.903 bits per heavy atom. The van der Waals surface area contributed by atoms with Gasteiger partial charge in [0.2, 0.25) is 0 Å². The van der Waals surface area contributed by atoms with Gasteiger partial charge in [0.15, 0.2) is 11.6 Å². The van der Waals surface area contributed by atoms with Gasteiger partial charge in [0.05, 0.1) is 26.9 Å². The Kier molecular flexibility index (Phi) is 6.71. The second-order valence-corrected chi connectivity index (χ2v) is 6.21. The lowest BCUT2D eigenvalue weighted by Crippen LogP contribution is -2.27. The van der Waals surface area contributed by atoms with E-state index in [1.807, 2.05) is 0 Å². The van der Waals surface area contributed by atoms with Crippen LogP contribution in [0.15, 0.2) is 78.2 Å². The number of carbonyl (C=O) groups excluding carboxylic acids is 2. The molecule has 0 fully saturated rings. The van der Waals surface area contributed by atoms with Gasteiger partial charge in [0.1, 0.15) is 17.2 Å². The van der Waals surface area contributed by atoms with Crippen LogP contribution in [0.2, 0.25) is 0 Å². The predicted molar refractivity (Wildman–Crippen MR) is 111 cm³/mol. The summed E-state index contributed by atoms with van der Waals surface area (Å²) in [6, 6.07) is 10.9. The van der Waals surface area contributed by atoms with Gasteiger partial charge in [-0.3, -0.25) is 0 Å². The summed E-state index contributed by atoms with van der Waals surface area (Å²) in [5.74, 6) is -1.24. The van der Waals surface area contributed by atoms with Gasteiger partial charge in [-0.15, -0.1) is 0 Å². The fourth-order valence-electron chi connectivity index (χ4n) is 2.88. The van der Waals surface area contributed by atoms with Gasteiger partial charge in [-0.05, 0) is 36.4 Å². The van der Waals surface area contributed by atoms with Gasteiger partial charge in [0, 0.05) is 24.0 Å². The fraction of sp³-hybridized carbons (Fsp3) is 0.130. The fourth-order valence-corrected chi connectivity index (χ4v) is 2.88. The Hall–Kier alpha value is -4.07. The number of methoxy groups -OCH3 is 3. The summed E-state index contributed by atoms with van der Waals surface area (Å²) < 4.78 is 35.2. The number of rotatable bonds is 6. The van der Waals surface area contributed by atoms with Gasteiger partial charge >= 0.3 is 11.9 Å². The van der Waals surface area contributed by atoms with Crippen LogP contribution in [0, 0.1) is 5.82 Å². The number of benzene rings is 2. The van der Waals surface area contributed by atoms with E-state index >= 15 is 0 Å². The zero-order valence-electron chi connectivity index (χ0n) is 17.1. The SMILES string of the molecule is COC(=O)C1=C(C(=O)OC)N(c2ccc(Oc3cccc(OC)c3)c(F)c2)C=CC=C1. The third kappa shape index (κ3) is 4.75. The van der Waals surface area contributed by atoms with Gasteiger partial charge in [-0.2, -0.15) is 0 Å². The van der Waals surface area contributed by atoms with Crippen LogP contribution in [0.25, 0.3) is 0 Å². The summed E-state index contributed by atoms with van der Waals surface area (Å²) in [4.78, 5) is 26.0. The molecule has 0 spiro atoms. The van der Waals surface area contributed by atoms with Crippen molar-refractivity contribution >= 4 is 17.6 Å². The summed E-state index contributed by atoms with van der Waals surface area (Å²) in [6.45, 7) is 0. The molecule has 1 aliphatic rings. The van der Waals surface area contributed by atoms with Crippen molar-refractivity contribution < 1.29 is 32.9 Å². The monoisotopic (exact) mass is 425 g/mol. The van der Waals surface area contributed by atoms with E-state index in [0.717, 1.165) is 0 Å². The number of carbonyl (C=O) groups is 2. The minimum atomic E-state index is -0.784. The largest absolute Gasteiger partial charge is 0.497 e. The zero-order valence-corrected chi connectivity index (χ0v) is 17.1. The average molecular weight is 425 g/mol. The molecule has 7 nitrogen and oxygen atoms in total. The first-order valence-corrected chi connectivity index (χ1v) is 9.15. The maximum atomic E-state index is 14.9. The second kappa shape index (κ2) is 9.62. The summed E-state index contributed by atoms with van der Waals surface area (Å²) in [6.07, 6.45) is 6.09. The first-order chi connectivity index (χ1) is 15.0. The van der Waals surface area contributed by atoms with Crippen LogP contribution >= 0.6 is 0 Å². The molecular weight excluding hydrogens is 405 g/mol. The van der Waals surface area contributed by atoms with E-state index in [2.05, 4.69) is 0 Å². The number of halogens is 1. The van der Waals surface area contributed by atoms with E-state index in [1.165, 1.54) is 50.6 Å². The molecule has 1 heterocycles. The number of hydrogen-bond acceptors (Lipinski definition) is 7. The molecule has 0 unspecified atom stereocenters. The molecule has 3 rings (SSSR count). The molecule has 160 valence electrons. The third-order valence-electron chi connectivity index (χ3n) is 4.35. The number of anilines is 1. The van der Waals surface area contributed by atoms with E-state index in [9.17, 15) is 14.0 Å². The topological polar surface area (TPSA) is 74.3 Å². The first kappa shape index (κ1) is 21.6. The standard InChI is InChI=1S/C23H20FNO6/c1-28-16-7-6-8-17(14-16)31-20-11-10-15(13-19(20)24)25-12-5-4-9-18(22(26)29-2)21(25)23(27)30-3/h4-14H,1-3H3. The lowest BCUT2D eigenvalue weighted by molar-refractivity contribution is -0.139. The van der Waals surface area contributed by atoms with Gasteiger partial charge in [-0.1, -0.05) is 12.1 Å². The first-order valence-electron chi connectivity index (χ1n) is 9.15. The molecule has 0 N–H and O–H groups in total. The highest BCUT2D eigenvalue weighted by atomic mass is 19.1. The van der Waals surface area contributed by atoms with Gasteiger partial charge in [-0.25, -0.2) is 14.0 Å². The number of esters is 2. The van der Waals surface area contributed by atoms with Crippen molar-refractivity contribution in [1.82, 2.24) is 0 Å². The maximum Gasteiger partial charge on any atom is 0.355 e. The van der Waals surface area contributed by atoms with E-state index in [1.54, 1.807) is 42.5 Å². The Labute approximate surface area is 178 Å². The van der Waals surface area contributed by atoms with Crippen molar-refractivity contribution in [2.75, 3.05) is 26.2 Å². The lowest BCUT2D eigenvalue weighted by atomic mass is 10.1. The summed E-state index contributed by atoms with van der Waals surface area (Å²) in [5.41, 5.74) is 0.133. The molecule has 31 heavy (non-hydrogen) atoms. The summed E-state index contributed by atoms with van der Waals surface area (Å²) in [5, 5.41) is 0. The molecule has 2 aromatic carbocycles. The molecule has 0 aromatic heterocycles. The molecule has 0 bridgehead atoms. The zero-order chi connectivity index (χ0) is 22.4. The van der Waals surface area contributed by atoms with Crippen molar-refractivity contribution in [3.63, 3.8) is 0 Å². The molecule has 0 saturated carbocycles. The quantitative estimate of drug-likeness (QED) is 0.645. The van der Waals surface area contributed by atoms with Crippen LogP contribution in [-0.2, 0) is 19.1 Å². The number of allylic oxidation sites excluding steroid dienone is 2. The van der Waals surface area contributed by atoms with Crippen molar-refractivity contribution in [3.05, 3.63) is 84.0 Å². The van der Waals surface area contributed by atoms with Crippen LogP contribution in [0.4, 0.5) is 10.1 Å². The Morgan fingerprint density at radius 2 is 1.65 bits per heavy atom. The van der Waals surface area contributed by atoms with Gasteiger partial charge < -0.3 is 23.8 Å². The Balaban J connectivity index is 1.99. The highest BCUT2D eigenvalue weighted by molar-refractivity contribution is 6.05. The smallest absolute Gasteiger partial charge is 0.355 e. The van der Waals surface area contributed by atoms with Crippen LogP contribution in [0.5, 0.6) is 17.2 Å². The highest BCUT2D eigenvalue weighted by Crippen LogP contribution is 2.32. The molecule has 8 heteroatoms. The number of ether oxygens (including phenoxy) is 4. The van der Waals surface area contributed by atoms with Gasteiger partial charge in [0.25, 0.3) is 0 Å². The average Bonchev–Trinajstić information content (AvgIpc) is 3.02. The number of nitrogens with zero attached hydrogens (tertiary/aromatic N) is 1. The maximum absolute atomic E-state index is 14.9. The molecule has 0 aliphatic carbocycles. The molecule has 2 aromatic rings. The minimum Gasteiger partial charge on any atom is -0.497 e. The van der Waals surface area contributed by atoms with Crippen LogP contribution in [0.3, 0.4) is 0 Å². The highest BCUT2D eigenvalue weighted by Gasteiger charge is 2.28. The summed E-state index contributed by atoms with van der Waals surface area (Å²) in [7, 11) is 3.91. The normalized spacial score (nSPS) is 13.0. The minimum absolute atomic E-state index is 0.0225. The van der Waals surface area contributed by atoms with Crippen LogP contribution in [-0.4, -0.2) is 33.3 Å². The molecule has 0 amide bonds. The molecule has 1 aliphatic heterocycles. The van der Waals surface area contributed by atoms with Crippen LogP contribution < -0.4 is 14.4 Å².